The van der Waals surface area contributed by atoms with Crippen LogP contribution < -0.4 is 9.47 Å². The Hall–Kier alpha value is -4.11. The predicted octanol–water partition coefficient (Wildman–Crippen LogP) is 6.74. The zero-order valence-corrected chi connectivity index (χ0v) is 17.7. The number of ether oxygens (including phenoxy) is 2. The van der Waals surface area contributed by atoms with Gasteiger partial charge in [-0.2, -0.15) is 0 Å². The Morgan fingerprint density at radius 3 is 1.84 bits per heavy atom. The first-order valence-corrected chi connectivity index (χ1v) is 10.5. The van der Waals surface area contributed by atoms with Gasteiger partial charge in [0.05, 0.1) is 5.56 Å². The number of carbonyl (C=O) groups is 1. The van der Waals surface area contributed by atoms with Crippen LogP contribution in [0.3, 0.4) is 0 Å². The van der Waals surface area contributed by atoms with Crippen LogP contribution in [-0.2, 0) is 13.2 Å². The molecule has 0 aliphatic heterocycles. The predicted molar refractivity (Wildman–Crippen MR) is 128 cm³/mol. The van der Waals surface area contributed by atoms with Gasteiger partial charge in [-0.15, -0.1) is 0 Å². The first-order chi connectivity index (χ1) is 15.8. The third-order valence-corrected chi connectivity index (χ3v) is 4.93. The van der Waals surface area contributed by atoms with Crippen LogP contribution in [0.15, 0.2) is 115 Å². The van der Waals surface area contributed by atoms with E-state index >= 15 is 0 Å². The van der Waals surface area contributed by atoms with Gasteiger partial charge in [-0.3, -0.25) is 4.79 Å². The molecule has 0 saturated carbocycles. The summed E-state index contributed by atoms with van der Waals surface area (Å²) in [7, 11) is 0. The molecular weight excluding hydrogens is 396 g/mol. The van der Waals surface area contributed by atoms with E-state index in [4.69, 9.17) is 9.47 Å². The number of allylic oxidation sites excluding steroid dienone is 1. The van der Waals surface area contributed by atoms with Crippen LogP contribution >= 0.6 is 0 Å². The lowest BCUT2D eigenvalue weighted by molar-refractivity contribution is 0.104. The highest BCUT2D eigenvalue weighted by atomic mass is 16.5. The van der Waals surface area contributed by atoms with E-state index in [0.717, 1.165) is 16.7 Å². The highest BCUT2D eigenvalue weighted by Gasteiger charge is 2.13. The van der Waals surface area contributed by atoms with Crippen molar-refractivity contribution >= 4 is 11.9 Å². The number of carbonyl (C=O) groups excluding carboxylic acids is 1. The van der Waals surface area contributed by atoms with Crippen LogP contribution in [0.5, 0.6) is 11.5 Å². The van der Waals surface area contributed by atoms with E-state index in [1.54, 1.807) is 18.2 Å². The van der Waals surface area contributed by atoms with Crippen LogP contribution in [0.1, 0.15) is 27.0 Å². The lowest BCUT2D eigenvalue weighted by atomic mass is 10.1. The fourth-order valence-corrected chi connectivity index (χ4v) is 3.22. The quantitative estimate of drug-likeness (QED) is 0.222. The van der Waals surface area contributed by atoms with Gasteiger partial charge < -0.3 is 9.47 Å². The van der Waals surface area contributed by atoms with Gasteiger partial charge in [0.25, 0.3) is 0 Å². The van der Waals surface area contributed by atoms with E-state index in [1.165, 1.54) is 0 Å². The largest absolute Gasteiger partial charge is 0.489 e. The van der Waals surface area contributed by atoms with Gasteiger partial charge in [-0.25, -0.2) is 0 Å². The van der Waals surface area contributed by atoms with E-state index < -0.39 is 0 Å². The second-order valence-electron chi connectivity index (χ2n) is 7.31. The fraction of sp³-hybridized carbons (Fsp3) is 0.0690. The highest BCUT2D eigenvalue weighted by molar-refractivity contribution is 6.08. The van der Waals surface area contributed by atoms with E-state index in [9.17, 15) is 4.79 Å². The maximum Gasteiger partial charge on any atom is 0.189 e. The summed E-state index contributed by atoms with van der Waals surface area (Å²) in [5, 5.41) is 0. The lowest BCUT2D eigenvalue weighted by Gasteiger charge is -2.13. The molecule has 3 heteroatoms. The third kappa shape index (κ3) is 5.96. The van der Waals surface area contributed by atoms with Crippen molar-refractivity contribution in [2.24, 2.45) is 0 Å². The summed E-state index contributed by atoms with van der Waals surface area (Å²) in [6.07, 6.45) is 3.38. The maximum atomic E-state index is 12.9. The average Bonchev–Trinajstić information content (AvgIpc) is 2.86. The minimum Gasteiger partial charge on any atom is -0.489 e. The number of rotatable bonds is 9. The number of ketones is 1. The average molecular weight is 421 g/mol. The summed E-state index contributed by atoms with van der Waals surface area (Å²) in [5.74, 6) is 1.04. The van der Waals surface area contributed by atoms with Crippen LogP contribution in [0, 0.1) is 0 Å². The molecule has 0 aromatic heterocycles. The van der Waals surface area contributed by atoms with Crippen LogP contribution in [0.2, 0.25) is 0 Å². The molecule has 32 heavy (non-hydrogen) atoms. The molecule has 0 heterocycles. The summed E-state index contributed by atoms with van der Waals surface area (Å²) < 4.78 is 12.0. The Labute approximate surface area is 188 Å². The smallest absolute Gasteiger partial charge is 0.189 e. The van der Waals surface area contributed by atoms with Gasteiger partial charge in [0.2, 0.25) is 0 Å². The summed E-state index contributed by atoms with van der Waals surface area (Å²) in [6.45, 7) is 0.811. The van der Waals surface area contributed by atoms with Gasteiger partial charge >= 0.3 is 0 Å². The zero-order chi connectivity index (χ0) is 22.0. The van der Waals surface area contributed by atoms with E-state index in [2.05, 4.69) is 0 Å². The summed E-state index contributed by atoms with van der Waals surface area (Å²) in [5.41, 5.74) is 3.57. The molecule has 0 amide bonds. The standard InChI is InChI=1S/C29H24O3/c30-28(19-16-23-10-4-1-5-11-23)27-18-17-26(31-21-24-12-6-2-7-13-24)20-29(27)32-22-25-14-8-3-9-15-25/h1-20H,21-22H2/b19-16-. The van der Waals surface area contributed by atoms with Gasteiger partial charge in [-0.05, 0) is 34.9 Å². The van der Waals surface area contributed by atoms with E-state index in [1.807, 2.05) is 103 Å². The molecule has 0 spiro atoms. The van der Waals surface area contributed by atoms with Crippen molar-refractivity contribution in [2.75, 3.05) is 0 Å². The van der Waals surface area contributed by atoms with Crippen molar-refractivity contribution in [1.82, 2.24) is 0 Å². The van der Waals surface area contributed by atoms with E-state index in [-0.39, 0.29) is 5.78 Å². The second-order valence-corrected chi connectivity index (χ2v) is 7.31. The Kier molecular flexibility index (Phi) is 7.12. The molecule has 0 unspecified atom stereocenters. The normalized spacial score (nSPS) is 10.8. The number of hydrogen-bond acceptors (Lipinski definition) is 3. The van der Waals surface area contributed by atoms with Crippen molar-refractivity contribution in [1.29, 1.82) is 0 Å². The Morgan fingerprint density at radius 1 is 0.656 bits per heavy atom. The molecular formula is C29H24O3. The molecule has 0 radical (unpaired) electrons. The Bertz CT molecular complexity index is 1170. The van der Waals surface area contributed by atoms with Crippen LogP contribution in [0.4, 0.5) is 0 Å². The highest BCUT2D eigenvalue weighted by Crippen LogP contribution is 2.27. The van der Waals surface area contributed by atoms with Gasteiger partial charge in [0.1, 0.15) is 24.7 Å². The topological polar surface area (TPSA) is 35.5 Å². The SMILES string of the molecule is O=C(/C=C\c1ccccc1)c1ccc(OCc2ccccc2)cc1OCc1ccccc1. The molecule has 0 aliphatic rings. The van der Waals surface area contributed by atoms with Gasteiger partial charge in [0.15, 0.2) is 5.78 Å². The minimum absolute atomic E-state index is 0.119. The molecule has 158 valence electrons. The number of benzene rings is 4. The molecule has 4 rings (SSSR count). The monoisotopic (exact) mass is 420 g/mol. The molecule has 3 nitrogen and oxygen atoms in total. The van der Waals surface area contributed by atoms with Crippen molar-refractivity contribution in [3.8, 4) is 11.5 Å². The third-order valence-electron chi connectivity index (χ3n) is 4.93. The first-order valence-electron chi connectivity index (χ1n) is 10.5. The molecule has 4 aromatic carbocycles. The maximum absolute atomic E-state index is 12.9. The molecule has 4 aromatic rings. The van der Waals surface area contributed by atoms with Gasteiger partial charge in [0, 0.05) is 6.07 Å². The van der Waals surface area contributed by atoms with Gasteiger partial charge in [-0.1, -0.05) is 97.1 Å². The molecule has 0 fully saturated rings. The van der Waals surface area contributed by atoms with E-state index in [0.29, 0.717) is 30.3 Å². The van der Waals surface area contributed by atoms with Crippen molar-refractivity contribution < 1.29 is 14.3 Å². The number of hydrogen-bond donors (Lipinski definition) is 0. The molecule has 0 bridgehead atoms. The molecule has 0 aliphatic carbocycles. The fourth-order valence-electron chi connectivity index (χ4n) is 3.22. The van der Waals surface area contributed by atoms with Crippen molar-refractivity contribution in [2.45, 2.75) is 13.2 Å². The lowest BCUT2D eigenvalue weighted by Crippen LogP contribution is -2.04. The summed E-state index contributed by atoms with van der Waals surface area (Å²) >= 11 is 0. The minimum atomic E-state index is -0.119. The Balaban J connectivity index is 1.54. The summed E-state index contributed by atoms with van der Waals surface area (Å²) in [4.78, 5) is 12.9. The molecule has 0 N–H and O–H groups in total. The zero-order valence-electron chi connectivity index (χ0n) is 17.7. The summed E-state index contributed by atoms with van der Waals surface area (Å²) in [6, 6.07) is 34.9. The van der Waals surface area contributed by atoms with Crippen LogP contribution in [-0.4, -0.2) is 5.78 Å². The second kappa shape index (κ2) is 10.8. The van der Waals surface area contributed by atoms with Crippen molar-refractivity contribution in [3.63, 3.8) is 0 Å². The molecule has 0 atom stereocenters. The molecule has 0 saturated heterocycles. The Morgan fingerprint density at radius 2 is 1.22 bits per heavy atom. The van der Waals surface area contributed by atoms with Crippen LogP contribution in [0.25, 0.3) is 6.08 Å². The van der Waals surface area contributed by atoms with Crippen molar-refractivity contribution in [3.05, 3.63) is 138 Å². The first kappa shape index (κ1) is 21.1.